The number of furan rings is 1. The zero-order valence-electron chi connectivity index (χ0n) is 15.0. The molecule has 0 bridgehead atoms. The van der Waals surface area contributed by atoms with Crippen LogP contribution in [0.15, 0.2) is 59.0 Å². The molecule has 2 aromatic carbocycles. The van der Waals surface area contributed by atoms with Gasteiger partial charge in [0, 0.05) is 23.7 Å². The van der Waals surface area contributed by atoms with E-state index in [1.165, 1.54) is 0 Å². The average molecular weight is 417 g/mol. The molecule has 1 aromatic heterocycles. The van der Waals surface area contributed by atoms with Gasteiger partial charge >= 0.3 is 0 Å². The first-order valence-corrected chi connectivity index (χ1v) is 9.66. The Morgan fingerprint density at radius 1 is 1.00 bits per heavy atom. The molecule has 1 aliphatic heterocycles. The SMILES string of the molecule is O=C(Nc1ccccc1N1CCOCC1)c1ccc(-c2cc(Cl)ccc2Cl)o1. The van der Waals surface area contributed by atoms with Gasteiger partial charge in [0.05, 0.1) is 29.6 Å². The van der Waals surface area contributed by atoms with Gasteiger partial charge in [-0.1, -0.05) is 35.3 Å². The number of anilines is 2. The predicted octanol–water partition coefficient (Wildman–Crippen LogP) is 5.34. The second kappa shape index (κ2) is 8.27. The summed E-state index contributed by atoms with van der Waals surface area (Å²) in [4.78, 5) is 14.9. The number of carbonyl (C=O) groups is 1. The third-order valence-electron chi connectivity index (χ3n) is 4.53. The minimum absolute atomic E-state index is 0.197. The van der Waals surface area contributed by atoms with Crippen molar-refractivity contribution in [1.29, 1.82) is 0 Å². The lowest BCUT2D eigenvalue weighted by molar-refractivity contribution is 0.0997. The predicted molar refractivity (Wildman–Crippen MR) is 112 cm³/mol. The highest BCUT2D eigenvalue weighted by Gasteiger charge is 2.18. The van der Waals surface area contributed by atoms with Gasteiger partial charge < -0.3 is 19.4 Å². The molecular weight excluding hydrogens is 399 g/mol. The van der Waals surface area contributed by atoms with Crippen LogP contribution in [0.1, 0.15) is 10.6 Å². The van der Waals surface area contributed by atoms with Crippen LogP contribution in [0, 0.1) is 0 Å². The number of rotatable bonds is 4. The van der Waals surface area contributed by atoms with E-state index in [0.717, 1.165) is 24.5 Å². The summed E-state index contributed by atoms with van der Waals surface area (Å²) >= 11 is 12.3. The lowest BCUT2D eigenvalue weighted by Gasteiger charge is -2.30. The number of halogens is 2. The highest BCUT2D eigenvalue weighted by atomic mass is 35.5. The maximum absolute atomic E-state index is 12.7. The van der Waals surface area contributed by atoms with E-state index in [-0.39, 0.29) is 11.7 Å². The number of morpholine rings is 1. The van der Waals surface area contributed by atoms with Crippen molar-refractivity contribution in [2.24, 2.45) is 0 Å². The molecule has 0 aliphatic carbocycles. The van der Waals surface area contributed by atoms with E-state index in [2.05, 4.69) is 10.2 Å². The van der Waals surface area contributed by atoms with Crippen LogP contribution in [0.25, 0.3) is 11.3 Å². The quantitative estimate of drug-likeness (QED) is 0.623. The van der Waals surface area contributed by atoms with Crippen LogP contribution >= 0.6 is 23.2 Å². The molecule has 0 saturated carbocycles. The van der Waals surface area contributed by atoms with Gasteiger partial charge in [0.25, 0.3) is 5.91 Å². The topological polar surface area (TPSA) is 54.7 Å². The van der Waals surface area contributed by atoms with Gasteiger partial charge in [0.2, 0.25) is 0 Å². The van der Waals surface area contributed by atoms with E-state index in [4.69, 9.17) is 32.4 Å². The fraction of sp³-hybridized carbons (Fsp3) is 0.190. The van der Waals surface area contributed by atoms with Crippen LogP contribution in [0.4, 0.5) is 11.4 Å². The minimum Gasteiger partial charge on any atom is -0.451 e. The monoisotopic (exact) mass is 416 g/mol. The van der Waals surface area contributed by atoms with Crippen molar-refractivity contribution in [3.8, 4) is 11.3 Å². The van der Waals surface area contributed by atoms with Crippen LogP contribution in [-0.4, -0.2) is 32.2 Å². The molecule has 28 heavy (non-hydrogen) atoms. The standard InChI is InChI=1S/C21H18Cl2N2O3/c22-14-5-6-16(23)15(13-14)19-7-8-20(28-19)21(26)24-17-3-1-2-4-18(17)25-9-11-27-12-10-25/h1-8,13H,9-12H2,(H,24,26). The van der Waals surface area contributed by atoms with Crippen molar-refractivity contribution in [3.63, 3.8) is 0 Å². The van der Waals surface area contributed by atoms with Gasteiger partial charge in [0.1, 0.15) is 5.76 Å². The van der Waals surface area contributed by atoms with Gasteiger partial charge in [0.15, 0.2) is 5.76 Å². The second-order valence-corrected chi connectivity index (χ2v) is 7.20. The van der Waals surface area contributed by atoms with Crippen LogP contribution in [0.2, 0.25) is 10.0 Å². The number of nitrogens with zero attached hydrogens (tertiary/aromatic N) is 1. The van der Waals surface area contributed by atoms with E-state index >= 15 is 0 Å². The van der Waals surface area contributed by atoms with Crippen molar-refractivity contribution in [2.75, 3.05) is 36.5 Å². The third-order valence-corrected chi connectivity index (χ3v) is 5.09. The Labute approximate surface area is 172 Å². The van der Waals surface area contributed by atoms with E-state index in [0.29, 0.717) is 34.6 Å². The van der Waals surface area contributed by atoms with Crippen LogP contribution in [-0.2, 0) is 4.74 Å². The number of hydrogen-bond donors (Lipinski definition) is 1. The van der Waals surface area contributed by atoms with E-state index in [9.17, 15) is 4.79 Å². The smallest absolute Gasteiger partial charge is 0.291 e. The second-order valence-electron chi connectivity index (χ2n) is 6.36. The van der Waals surface area contributed by atoms with E-state index in [1.54, 1.807) is 30.3 Å². The van der Waals surface area contributed by atoms with Gasteiger partial charge in [-0.2, -0.15) is 0 Å². The molecular formula is C21H18Cl2N2O3. The molecule has 1 amide bonds. The highest BCUT2D eigenvalue weighted by Crippen LogP contribution is 2.32. The summed E-state index contributed by atoms with van der Waals surface area (Å²) < 4.78 is 11.1. The number of ether oxygens (including phenoxy) is 1. The van der Waals surface area contributed by atoms with Gasteiger partial charge in [-0.05, 0) is 42.5 Å². The first kappa shape index (κ1) is 18.9. The number of hydrogen-bond acceptors (Lipinski definition) is 4. The number of amides is 1. The van der Waals surface area contributed by atoms with E-state index in [1.807, 2.05) is 24.3 Å². The Balaban J connectivity index is 1.55. The normalized spacial score (nSPS) is 14.1. The summed E-state index contributed by atoms with van der Waals surface area (Å²) in [6, 6.07) is 16.1. The molecule has 3 aromatic rings. The fourth-order valence-electron chi connectivity index (χ4n) is 3.13. The first-order valence-electron chi connectivity index (χ1n) is 8.90. The maximum atomic E-state index is 12.7. The molecule has 5 nitrogen and oxygen atoms in total. The molecule has 7 heteroatoms. The van der Waals surface area contributed by atoms with E-state index < -0.39 is 0 Å². The zero-order chi connectivity index (χ0) is 19.5. The van der Waals surface area contributed by atoms with Crippen molar-refractivity contribution in [3.05, 3.63) is 70.4 Å². The fourth-order valence-corrected chi connectivity index (χ4v) is 3.52. The average Bonchev–Trinajstić information content (AvgIpc) is 3.21. The van der Waals surface area contributed by atoms with Crippen LogP contribution in [0.5, 0.6) is 0 Å². The number of para-hydroxylation sites is 2. The molecule has 144 valence electrons. The molecule has 0 atom stereocenters. The molecule has 2 heterocycles. The molecule has 0 radical (unpaired) electrons. The van der Waals surface area contributed by atoms with Crippen molar-refractivity contribution in [2.45, 2.75) is 0 Å². The zero-order valence-corrected chi connectivity index (χ0v) is 16.5. The lowest BCUT2D eigenvalue weighted by atomic mass is 10.2. The summed E-state index contributed by atoms with van der Waals surface area (Å²) in [6.07, 6.45) is 0. The van der Waals surface area contributed by atoms with Gasteiger partial charge in [-0.15, -0.1) is 0 Å². The molecule has 1 saturated heterocycles. The summed E-state index contributed by atoms with van der Waals surface area (Å²) in [5.41, 5.74) is 2.33. The van der Waals surface area contributed by atoms with Gasteiger partial charge in [-0.3, -0.25) is 4.79 Å². The molecule has 4 rings (SSSR count). The third kappa shape index (κ3) is 4.02. The van der Waals surface area contributed by atoms with Crippen LogP contribution in [0.3, 0.4) is 0 Å². The van der Waals surface area contributed by atoms with Crippen LogP contribution < -0.4 is 10.2 Å². The summed E-state index contributed by atoms with van der Waals surface area (Å²) in [5.74, 6) is 0.354. The lowest BCUT2D eigenvalue weighted by Crippen LogP contribution is -2.36. The maximum Gasteiger partial charge on any atom is 0.291 e. The molecule has 1 aliphatic rings. The molecule has 1 N–H and O–H groups in total. The summed E-state index contributed by atoms with van der Waals surface area (Å²) in [5, 5.41) is 3.99. The minimum atomic E-state index is -0.329. The van der Waals surface area contributed by atoms with Crippen molar-refractivity contribution >= 4 is 40.5 Å². The first-order chi connectivity index (χ1) is 13.6. The van der Waals surface area contributed by atoms with Crippen molar-refractivity contribution in [1.82, 2.24) is 0 Å². The number of benzene rings is 2. The molecule has 0 spiro atoms. The molecule has 1 fully saturated rings. The Morgan fingerprint density at radius 3 is 2.61 bits per heavy atom. The highest BCUT2D eigenvalue weighted by molar-refractivity contribution is 6.35. The number of carbonyl (C=O) groups excluding carboxylic acids is 1. The Bertz CT molecular complexity index is 997. The molecule has 0 unspecified atom stereocenters. The Hall–Kier alpha value is -2.47. The number of nitrogens with one attached hydrogen (secondary N) is 1. The largest absolute Gasteiger partial charge is 0.451 e. The summed E-state index contributed by atoms with van der Waals surface area (Å²) in [6.45, 7) is 2.91. The van der Waals surface area contributed by atoms with Gasteiger partial charge in [-0.25, -0.2) is 0 Å². The summed E-state index contributed by atoms with van der Waals surface area (Å²) in [7, 11) is 0. The van der Waals surface area contributed by atoms with Crippen molar-refractivity contribution < 1.29 is 13.9 Å². The Kier molecular flexibility index (Phi) is 5.57. The Morgan fingerprint density at radius 2 is 1.79 bits per heavy atom.